The number of benzene rings is 1. The summed E-state index contributed by atoms with van der Waals surface area (Å²) >= 11 is 12.6. The first-order valence-corrected chi connectivity index (χ1v) is 13.1. The van der Waals surface area contributed by atoms with Crippen LogP contribution in [0, 0.1) is 0 Å². The smallest absolute Gasteiger partial charge is 0.459 e. The van der Waals surface area contributed by atoms with E-state index in [0.29, 0.717) is 0 Å². The molecule has 1 aliphatic rings. The van der Waals surface area contributed by atoms with E-state index in [4.69, 9.17) is 41.7 Å². The zero-order chi connectivity index (χ0) is 26.7. The van der Waals surface area contributed by atoms with Gasteiger partial charge in [-0.05, 0) is 32.9 Å². The third-order valence-corrected chi connectivity index (χ3v) is 7.38. The molecule has 0 spiro atoms. The number of aromatic nitrogens is 2. The summed E-state index contributed by atoms with van der Waals surface area (Å²) in [6, 6.07) is 8.01. The lowest BCUT2D eigenvalue weighted by atomic mass is 10.2. The molecule has 2 heterocycles. The van der Waals surface area contributed by atoms with Gasteiger partial charge in [-0.2, -0.15) is 5.09 Å². The van der Waals surface area contributed by atoms with Gasteiger partial charge < -0.3 is 19.1 Å². The molecular formula is C21H26Cl2N3O9P. The van der Waals surface area contributed by atoms with Crippen LogP contribution in [0.3, 0.4) is 0 Å². The first-order valence-electron chi connectivity index (χ1n) is 10.8. The SMILES string of the molecule is CC(C)OC(=O)[C@H](C)NP(=O)(OC[C@H]1OC(n2ccc(=O)[nH]c2=O)C(Cl)(Cl)[C@@H]1O)Oc1ccccc1. The van der Waals surface area contributed by atoms with Crippen molar-refractivity contribution in [1.82, 2.24) is 14.6 Å². The summed E-state index contributed by atoms with van der Waals surface area (Å²) in [5, 5.41) is 13.2. The Morgan fingerprint density at radius 1 is 1.25 bits per heavy atom. The molecule has 15 heteroatoms. The lowest BCUT2D eigenvalue weighted by Gasteiger charge is -2.25. The van der Waals surface area contributed by atoms with Gasteiger partial charge >= 0.3 is 19.4 Å². The highest BCUT2D eigenvalue weighted by Crippen LogP contribution is 2.49. The first kappa shape index (κ1) is 28.4. The monoisotopic (exact) mass is 565 g/mol. The van der Waals surface area contributed by atoms with Gasteiger partial charge in [0, 0.05) is 12.3 Å². The lowest BCUT2D eigenvalue weighted by molar-refractivity contribution is -0.149. The molecule has 5 atom stereocenters. The predicted molar refractivity (Wildman–Crippen MR) is 130 cm³/mol. The maximum Gasteiger partial charge on any atom is 0.459 e. The van der Waals surface area contributed by atoms with Crippen LogP contribution in [-0.2, 0) is 23.4 Å². The Hall–Kier alpha value is -2.18. The van der Waals surface area contributed by atoms with Crippen LogP contribution < -0.4 is 20.9 Å². The van der Waals surface area contributed by atoms with E-state index in [1.54, 1.807) is 32.0 Å². The van der Waals surface area contributed by atoms with E-state index in [9.17, 15) is 24.1 Å². The van der Waals surface area contributed by atoms with Crippen molar-refractivity contribution >= 4 is 36.9 Å². The van der Waals surface area contributed by atoms with E-state index in [1.807, 2.05) is 4.98 Å². The van der Waals surface area contributed by atoms with Gasteiger partial charge in [0.15, 0.2) is 10.6 Å². The minimum absolute atomic E-state index is 0.173. The Labute approximate surface area is 216 Å². The van der Waals surface area contributed by atoms with Crippen molar-refractivity contribution in [3.05, 3.63) is 63.4 Å². The maximum absolute atomic E-state index is 13.6. The number of halogens is 2. The number of hydrogen-bond acceptors (Lipinski definition) is 9. The van der Waals surface area contributed by atoms with E-state index in [2.05, 4.69) is 5.09 Å². The van der Waals surface area contributed by atoms with Crippen molar-refractivity contribution in [1.29, 1.82) is 0 Å². The van der Waals surface area contributed by atoms with Gasteiger partial charge in [0.05, 0.1) is 12.7 Å². The average Bonchev–Trinajstić information content (AvgIpc) is 3.01. The summed E-state index contributed by atoms with van der Waals surface area (Å²) in [5.74, 6) is -0.520. The van der Waals surface area contributed by atoms with Crippen LogP contribution in [0.25, 0.3) is 0 Å². The second-order valence-corrected chi connectivity index (χ2v) is 11.3. The highest BCUT2D eigenvalue weighted by Gasteiger charge is 2.56. The van der Waals surface area contributed by atoms with E-state index in [1.165, 1.54) is 19.1 Å². The summed E-state index contributed by atoms with van der Waals surface area (Å²) in [5.41, 5.74) is -1.52. The normalized spacial score (nSPS) is 23.7. The van der Waals surface area contributed by atoms with Crippen LogP contribution in [0.5, 0.6) is 5.75 Å². The van der Waals surface area contributed by atoms with Crippen molar-refractivity contribution in [3.63, 3.8) is 0 Å². The van der Waals surface area contributed by atoms with Crippen molar-refractivity contribution in [3.8, 4) is 5.75 Å². The fourth-order valence-electron chi connectivity index (χ4n) is 3.22. The van der Waals surface area contributed by atoms with Crippen molar-refractivity contribution in [2.75, 3.05) is 6.61 Å². The van der Waals surface area contributed by atoms with Gasteiger partial charge in [-0.25, -0.2) is 9.36 Å². The molecule has 36 heavy (non-hydrogen) atoms. The summed E-state index contributed by atoms with van der Waals surface area (Å²) < 4.78 is 34.3. The summed E-state index contributed by atoms with van der Waals surface area (Å²) in [4.78, 5) is 37.9. The van der Waals surface area contributed by atoms with E-state index >= 15 is 0 Å². The molecule has 3 N–H and O–H groups in total. The first-order chi connectivity index (χ1) is 16.8. The molecule has 1 aliphatic heterocycles. The van der Waals surface area contributed by atoms with Gasteiger partial charge in [-0.15, -0.1) is 0 Å². The minimum Gasteiger partial charge on any atom is -0.462 e. The van der Waals surface area contributed by atoms with Gasteiger partial charge in [0.25, 0.3) is 5.56 Å². The van der Waals surface area contributed by atoms with Crippen molar-refractivity contribution in [2.45, 2.75) is 55.7 Å². The number of aromatic amines is 1. The lowest BCUT2D eigenvalue weighted by Crippen LogP contribution is -2.41. The van der Waals surface area contributed by atoms with Gasteiger partial charge in [0.2, 0.25) is 0 Å². The number of rotatable bonds is 10. The number of hydrogen-bond donors (Lipinski definition) is 3. The Bertz CT molecular complexity index is 1220. The highest BCUT2D eigenvalue weighted by molar-refractivity contribution is 7.52. The van der Waals surface area contributed by atoms with Gasteiger partial charge in [0.1, 0.15) is 24.0 Å². The Morgan fingerprint density at radius 2 is 1.92 bits per heavy atom. The van der Waals surface area contributed by atoms with E-state index in [-0.39, 0.29) is 5.75 Å². The molecule has 0 aliphatic carbocycles. The minimum atomic E-state index is -4.27. The van der Waals surface area contributed by atoms with Crippen LogP contribution >= 0.6 is 30.9 Å². The number of carbonyl (C=O) groups is 1. The zero-order valence-corrected chi connectivity index (χ0v) is 21.9. The third kappa shape index (κ3) is 6.77. The Balaban J connectivity index is 1.80. The fourth-order valence-corrected chi connectivity index (χ4v) is 5.32. The van der Waals surface area contributed by atoms with E-state index < -0.39 is 66.5 Å². The third-order valence-electron chi connectivity index (χ3n) is 4.92. The molecule has 1 fully saturated rings. The number of nitrogens with zero attached hydrogens (tertiary/aromatic N) is 1. The number of carbonyl (C=O) groups excluding carboxylic acids is 1. The maximum atomic E-state index is 13.6. The number of aliphatic hydroxyl groups excluding tert-OH is 1. The summed E-state index contributed by atoms with van der Waals surface area (Å²) in [6.07, 6.45) is -3.62. The predicted octanol–water partition coefficient (Wildman–Crippen LogP) is 2.10. The molecule has 0 saturated carbocycles. The average molecular weight is 566 g/mol. The molecule has 2 unspecified atom stereocenters. The van der Waals surface area contributed by atoms with Gasteiger partial charge in [-0.3, -0.25) is 23.7 Å². The van der Waals surface area contributed by atoms with Crippen LogP contribution in [0.4, 0.5) is 0 Å². The molecule has 1 saturated heterocycles. The quantitative estimate of drug-likeness (QED) is 0.221. The second kappa shape index (κ2) is 11.5. The number of aliphatic hydroxyl groups is 1. The zero-order valence-electron chi connectivity index (χ0n) is 19.5. The number of esters is 1. The number of H-pyrrole nitrogens is 1. The molecule has 1 aromatic heterocycles. The van der Waals surface area contributed by atoms with E-state index in [0.717, 1.165) is 16.8 Å². The Kier molecular flexibility index (Phi) is 9.05. The molecule has 3 rings (SSSR count). The Morgan fingerprint density at radius 3 is 2.53 bits per heavy atom. The molecule has 198 valence electrons. The number of alkyl halides is 2. The molecule has 0 amide bonds. The molecule has 12 nitrogen and oxygen atoms in total. The highest BCUT2D eigenvalue weighted by atomic mass is 35.5. The topological polar surface area (TPSA) is 158 Å². The van der Waals surface area contributed by atoms with Crippen LogP contribution in [0.2, 0.25) is 0 Å². The fraction of sp³-hybridized carbons (Fsp3) is 0.476. The standard InChI is InChI=1S/C21H26Cl2N3O9P/c1-12(2)33-18(29)13(3)25-36(31,35-14-7-5-4-6-8-14)32-11-15-17(28)21(22,23)19(34-15)26-10-9-16(27)24-20(26)30/h4-10,12-13,15,17,19,28H,11H2,1-3H3,(H,25,31)(H,24,27,30)/t13-,15+,17+,19?,36?/m0/s1. The summed E-state index contributed by atoms with van der Waals surface area (Å²) in [7, 11) is -4.27. The van der Waals surface area contributed by atoms with Crippen LogP contribution in [0.15, 0.2) is 52.2 Å². The number of ether oxygens (including phenoxy) is 2. The van der Waals surface area contributed by atoms with Crippen molar-refractivity contribution < 1.29 is 33.0 Å². The molecular weight excluding hydrogens is 540 g/mol. The largest absolute Gasteiger partial charge is 0.462 e. The molecule has 0 radical (unpaired) electrons. The summed E-state index contributed by atoms with van der Waals surface area (Å²) in [6.45, 7) is 4.17. The number of nitrogens with one attached hydrogen (secondary N) is 2. The molecule has 0 bridgehead atoms. The van der Waals surface area contributed by atoms with Crippen LogP contribution in [0.1, 0.15) is 27.0 Å². The second-order valence-electron chi connectivity index (χ2n) is 8.20. The van der Waals surface area contributed by atoms with Crippen LogP contribution in [-0.4, -0.2) is 55.9 Å². The molecule has 2 aromatic rings. The van der Waals surface area contributed by atoms with Crippen molar-refractivity contribution in [2.24, 2.45) is 0 Å². The number of para-hydroxylation sites is 1. The molecule has 1 aromatic carbocycles. The van der Waals surface area contributed by atoms with Gasteiger partial charge in [-0.1, -0.05) is 41.4 Å².